The van der Waals surface area contributed by atoms with Crippen LogP contribution in [0.5, 0.6) is 0 Å². The first-order valence-corrected chi connectivity index (χ1v) is 9.42. The highest BCUT2D eigenvalue weighted by molar-refractivity contribution is 5.80. The van der Waals surface area contributed by atoms with Crippen molar-refractivity contribution in [3.8, 4) is 0 Å². The van der Waals surface area contributed by atoms with Crippen molar-refractivity contribution in [2.75, 3.05) is 13.6 Å². The SMILES string of the molecule is CN1CC(c2ccc3ncc(C(C)(O)c4c(F)cc5ncccc5c4F)n3n2)C=N1. The highest BCUT2D eigenvalue weighted by Gasteiger charge is 2.37. The van der Waals surface area contributed by atoms with Gasteiger partial charge in [0.1, 0.15) is 17.2 Å². The normalized spacial score (nSPS) is 18.4. The number of likely N-dealkylation sites (N-methyl/N-ethyl adjacent to an activating group) is 1. The van der Waals surface area contributed by atoms with Crippen molar-refractivity contribution >= 4 is 22.8 Å². The van der Waals surface area contributed by atoms with Crippen molar-refractivity contribution < 1.29 is 13.9 Å². The van der Waals surface area contributed by atoms with Gasteiger partial charge in [-0.15, -0.1) is 0 Å². The Labute approximate surface area is 170 Å². The number of pyridine rings is 1. The second-order valence-electron chi connectivity index (χ2n) is 7.57. The maximum absolute atomic E-state index is 15.3. The number of nitrogens with zero attached hydrogens (tertiary/aromatic N) is 6. The number of hydrogen-bond donors (Lipinski definition) is 1. The third-order valence-electron chi connectivity index (χ3n) is 5.45. The molecule has 0 spiro atoms. The quantitative estimate of drug-likeness (QED) is 0.564. The summed E-state index contributed by atoms with van der Waals surface area (Å²) in [6.07, 6.45) is 4.63. The molecular weight excluding hydrogens is 390 g/mol. The molecule has 0 aliphatic carbocycles. The fourth-order valence-corrected chi connectivity index (χ4v) is 3.88. The maximum Gasteiger partial charge on any atom is 0.153 e. The minimum Gasteiger partial charge on any atom is -0.379 e. The Morgan fingerprint density at radius 1 is 1.20 bits per heavy atom. The molecule has 1 aromatic carbocycles. The standard InChI is InChI=1S/C21H18F2N6O/c1-21(30,19-14(22)8-16-13(20(19)23)4-3-7-24-16)17-10-25-18-6-5-15(27-29(17)18)12-9-26-28(2)11-12/h3-10,12,30H,11H2,1-2H3. The third kappa shape index (κ3) is 2.73. The monoisotopic (exact) mass is 408 g/mol. The lowest BCUT2D eigenvalue weighted by Gasteiger charge is -2.25. The highest BCUT2D eigenvalue weighted by Crippen LogP contribution is 2.36. The van der Waals surface area contributed by atoms with Gasteiger partial charge in [-0.3, -0.25) is 9.99 Å². The van der Waals surface area contributed by atoms with Crippen molar-refractivity contribution in [3.05, 3.63) is 71.3 Å². The zero-order valence-electron chi connectivity index (χ0n) is 16.3. The minimum atomic E-state index is -2.02. The van der Waals surface area contributed by atoms with Crippen molar-refractivity contribution in [2.45, 2.75) is 18.4 Å². The van der Waals surface area contributed by atoms with E-state index in [-0.39, 0.29) is 22.5 Å². The topological polar surface area (TPSA) is 78.9 Å². The van der Waals surface area contributed by atoms with Crippen molar-refractivity contribution in [2.24, 2.45) is 5.10 Å². The van der Waals surface area contributed by atoms with Crippen molar-refractivity contribution in [1.29, 1.82) is 0 Å². The Kier molecular flexibility index (Phi) is 4.04. The molecule has 0 amide bonds. The molecule has 4 aromatic rings. The molecule has 0 radical (unpaired) electrons. The minimum absolute atomic E-state index is 0.0279. The fraction of sp³-hybridized carbons (Fsp3) is 0.238. The van der Waals surface area contributed by atoms with E-state index in [9.17, 15) is 9.50 Å². The van der Waals surface area contributed by atoms with E-state index in [1.807, 2.05) is 13.1 Å². The van der Waals surface area contributed by atoms with Gasteiger partial charge in [-0.25, -0.2) is 18.3 Å². The van der Waals surface area contributed by atoms with Crippen LogP contribution >= 0.6 is 0 Å². The number of aromatic nitrogens is 4. The zero-order valence-corrected chi connectivity index (χ0v) is 16.3. The molecule has 0 fully saturated rings. The number of fused-ring (bicyclic) bond motifs is 2. The van der Waals surface area contributed by atoms with Crippen LogP contribution in [0.15, 0.2) is 47.8 Å². The van der Waals surface area contributed by atoms with E-state index in [0.29, 0.717) is 17.9 Å². The van der Waals surface area contributed by atoms with Gasteiger partial charge in [-0.1, -0.05) is 0 Å². The molecule has 3 aromatic heterocycles. The Morgan fingerprint density at radius 2 is 2.03 bits per heavy atom. The molecule has 1 aliphatic heterocycles. The number of imidazole rings is 1. The van der Waals surface area contributed by atoms with E-state index >= 15 is 4.39 Å². The van der Waals surface area contributed by atoms with Crippen LogP contribution in [0.3, 0.4) is 0 Å². The molecule has 5 rings (SSSR count). The first-order chi connectivity index (χ1) is 14.4. The molecule has 1 aliphatic rings. The predicted octanol–water partition coefficient (Wildman–Crippen LogP) is 2.83. The van der Waals surface area contributed by atoms with Crippen LogP contribution in [0.2, 0.25) is 0 Å². The molecule has 1 N–H and O–H groups in total. The second kappa shape index (κ2) is 6.53. The molecule has 30 heavy (non-hydrogen) atoms. The average Bonchev–Trinajstić information content (AvgIpc) is 3.33. The summed E-state index contributed by atoms with van der Waals surface area (Å²) in [4.78, 5) is 8.25. The van der Waals surface area contributed by atoms with Gasteiger partial charge in [0, 0.05) is 37.5 Å². The van der Waals surface area contributed by atoms with Crippen LogP contribution in [0.1, 0.15) is 29.8 Å². The van der Waals surface area contributed by atoms with Crippen molar-refractivity contribution in [1.82, 2.24) is 24.6 Å². The lowest BCUT2D eigenvalue weighted by molar-refractivity contribution is 0.0870. The smallest absolute Gasteiger partial charge is 0.153 e. The van der Waals surface area contributed by atoms with Crippen LogP contribution in [0, 0.1) is 11.6 Å². The summed E-state index contributed by atoms with van der Waals surface area (Å²) < 4.78 is 31.6. The summed E-state index contributed by atoms with van der Waals surface area (Å²) in [5, 5.41) is 22.1. The van der Waals surface area contributed by atoms with Crippen LogP contribution in [-0.4, -0.2) is 49.5 Å². The van der Waals surface area contributed by atoms with Crippen molar-refractivity contribution in [3.63, 3.8) is 0 Å². The highest BCUT2D eigenvalue weighted by atomic mass is 19.1. The van der Waals surface area contributed by atoms with Gasteiger partial charge in [-0.2, -0.15) is 10.2 Å². The molecule has 0 saturated carbocycles. The van der Waals surface area contributed by atoms with E-state index in [1.54, 1.807) is 23.4 Å². The molecule has 0 bridgehead atoms. The van der Waals surface area contributed by atoms with E-state index in [4.69, 9.17) is 0 Å². The Hall–Kier alpha value is -3.46. The number of halogens is 2. The third-order valence-corrected chi connectivity index (χ3v) is 5.45. The molecule has 4 heterocycles. The Balaban J connectivity index is 1.68. The van der Waals surface area contributed by atoms with E-state index in [0.717, 1.165) is 6.07 Å². The number of hydrazone groups is 1. The predicted molar refractivity (Wildman–Crippen MR) is 107 cm³/mol. The molecular formula is C21H18F2N6O. The first kappa shape index (κ1) is 18.6. The Bertz CT molecular complexity index is 1320. The summed E-state index contributed by atoms with van der Waals surface area (Å²) in [6.45, 7) is 2.00. The summed E-state index contributed by atoms with van der Waals surface area (Å²) in [7, 11) is 1.86. The first-order valence-electron chi connectivity index (χ1n) is 9.42. The largest absolute Gasteiger partial charge is 0.379 e. The second-order valence-corrected chi connectivity index (χ2v) is 7.57. The number of benzene rings is 1. The summed E-state index contributed by atoms with van der Waals surface area (Å²) in [6, 6.07) is 7.77. The lowest BCUT2D eigenvalue weighted by atomic mass is 9.90. The Morgan fingerprint density at radius 3 is 2.80 bits per heavy atom. The van der Waals surface area contributed by atoms with Crippen LogP contribution in [0.4, 0.5) is 8.78 Å². The van der Waals surface area contributed by atoms with Gasteiger partial charge >= 0.3 is 0 Å². The molecule has 2 atom stereocenters. The summed E-state index contributed by atoms with van der Waals surface area (Å²) in [5.74, 6) is -1.78. The lowest BCUT2D eigenvalue weighted by Crippen LogP contribution is -2.28. The van der Waals surface area contributed by atoms with E-state index < -0.39 is 22.8 Å². The van der Waals surface area contributed by atoms with Gasteiger partial charge in [0.05, 0.1) is 34.6 Å². The van der Waals surface area contributed by atoms with Gasteiger partial charge in [-0.05, 0) is 31.2 Å². The van der Waals surface area contributed by atoms with Gasteiger partial charge in [0.2, 0.25) is 0 Å². The number of hydrogen-bond acceptors (Lipinski definition) is 6. The van der Waals surface area contributed by atoms with Crippen LogP contribution in [-0.2, 0) is 5.60 Å². The van der Waals surface area contributed by atoms with Crippen LogP contribution in [0.25, 0.3) is 16.6 Å². The van der Waals surface area contributed by atoms with Gasteiger partial charge in [0.25, 0.3) is 0 Å². The summed E-state index contributed by atoms with van der Waals surface area (Å²) in [5.41, 5.74) is -0.989. The zero-order chi connectivity index (χ0) is 21.0. The maximum atomic E-state index is 15.3. The number of aliphatic hydroxyl groups is 1. The van der Waals surface area contributed by atoms with Gasteiger partial charge in [0.15, 0.2) is 5.65 Å². The molecule has 7 nitrogen and oxygen atoms in total. The van der Waals surface area contributed by atoms with Gasteiger partial charge < -0.3 is 5.11 Å². The average molecular weight is 408 g/mol. The number of rotatable bonds is 3. The fourth-order valence-electron chi connectivity index (χ4n) is 3.88. The van der Waals surface area contributed by atoms with Crippen LogP contribution < -0.4 is 0 Å². The van der Waals surface area contributed by atoms with E-state index in [1.165, 1.54) is 29.9 Å². The molecule has 2 unspecified atom stereocenters. The molecule has 0 saturated heterocycles. The molecule has 152 valence electrons. The van der Waals surface area contributed by atoms with E-state index in [2.05, 4.69) is 20.2 Å². The molecule has 9 heteroatoms. The summed E-state index contributed by atoms with van der Waals surface area (Å²) >= 11 is 0.